The Morgan fingerprint density at radius 2 is 2.04 bits per heavy atom. The molecule has 0 aliphatic rings. The van der Waals surface area contributed by atoms with Crippen molar-refractivity contribution in [3.05, 3.63) is 47.8 Å². The molecule has 1 N–H and O–H groups in total. The second kappa shape index (κ2) is 10.2. The van der Waals surface area contributed by atoms with Gasteiger partial charge in [-0.25, -0.2) is 4.98 Å². The molecule has 26 heavy (non-hydrogen) atoms. The SMILES string of the molecule is COCCCOc1ccnc(C[S@](=O)c2nc3ccccc3[nH]2)c1C.[H-].[Na+]. The predicted molar refractivity (Wildman–Crippen MR) is 98.3 cm³/mol. The van der Waals surface area contributed by atoms with Gasteiger partial charge in [0.25, 0.3) is 0 Å². The van der Waals surface area contributed by atoms with Crippen LogP contribution in [0.5, 0.6) is 5.75 Å². The Bertz CT molecular complexity index is 858. The monoisotopic (exact) mass is 383 g/mol. The van der Waals surface area contributed by atoms with Crippen LogP contribution >= 0.6 is 0 Å². The van der Waals surface area contributed by atoms with E-state index in [2.05, 4.69) is 15.0 Å². The molecular weight excluding hydrogens is 361 g/mol. The molecule has 0 aliphatic carbocycles. The van der Waals surface area contributed by atoms with Gasteiger partial charge < -0.3 is 15.9 Å². The molecule has 3 aromatic rings. The molecule has 0 saturated carbocycles. The van der Waals surface area contributed by atoms with Crippen LogP contribution in [0.2, 0.25) is 0 Å². The summed E-state index contributed by atoms with van der Waals surface area (Å²) < 4.78 is 23.5. The standard InChI is InChI=1S/C18H21N3O3S.Na.H/c1-13-16(19-9-8-17(13)24-11-5-10-23-2)12-25(22)18-20-14-6-3-4-7-15(14)21-18;;/h3-4,6-9H,5,10-12H2,1-2H3,(H,20,21);;/q;+1;-1/t25-;;/m0../s1. The van der Waals surface area contributed by atoms with Crippen molar-refractivity contribution in [2.24, 2.45) is 0 Å². The van der Waals surface area contributed by atoms with E-state index in [0.717, 1.165) is 34.5 Å². The number of rotatable bonds is 8. The minimum Gasteiger partial charge on any atom is -1.00 e. The molecule has 0 spiro atoms. The van der Waals surface area contributed by atoms with E-state index in [0.29, 0.717) is 24.1 Å². The van der Waals surface area contributed by atoms with Crippen LogP contribution in [0.4, 0.5) is 0 Å². The number of H-pyrrole nitrogens is 1. The van der Waals surface area contributed by atoms with E-state index in [-0.39, 0.29) is 31.0 Å². The molecule has 0 aliphatic heterocycles. The Morgan fingerprint density at radius 3 is 2.81 bits per heavy atom. The van der Waals surface area contributed by atoms with Crippen LogP contribution in [-0.2, 0) is 21.3 Å². The van der Waals surface area contributed by atoms with Crippen LogP contribution in [-0.4, -0.2) is 39.5 Å². The van der Waals surface area contributed by atoms with Crippen LogP contribution < -0.4 is 34.3 Å². The molecule has 1 aromatic carbocycles. The minimum atomic E-state index is -1.30. The van der Waals surface area contributed by atoms with E-state index in [1.54, 1.807) is 13.3 Å². The number of benzene rings is 1. The van der Waals surface area contributed by atoms with Gasteiger partial charge in [0.15, 0.2) is 5.16 Å². The Labute approximate surface area is 179 Å². The van der Waals surface area contributed by atoms with E-state index < -0.39 is 10.8 Å². The molecule has 8 heteroatoms. The number of methoxy groups -OCH3 is 1. The molecule has 2 heterocycles. The number of aromatic nitrogens is 3. The van der Waals surface area contributed by atoms with Crippen molar-refractivity contribution in [2.75, 3.05) is 20.3 Å². The molecular formula is C18H22N3NaO3S. The number of nitrogens with zero attached hydrogens (tertiary/aromatic N) is 2. The summed E-state index contributed by atoms with van der Waals surface area (Å²) in [5.41, 5.74) is 3.35. The smallest absolute Gasteiger partial charge is 1.00 e. The number of aromatic amines is 1. The Hall–Kier alpha value is -1.25. The first-order valence-electron chi connectivity index (χ1n) is 8.08. The first-order chi connectivity index (χ1) is 12.2. The molecule has 134 valence electrons. The number of pyridine rings is 1. The topological polar surface area (TPSA) is 77.1 Å². The third-order valence-corrected chi connectivity index (χ3v) is 5.02. The van der Waals surface area contributed by atoms with Gasteiger partial charge >= 0.3 is 29.6 Å². The maximum Gasteiger partial charge on any atom is 1.00 e. The molecule has 0 bridgehead atoms. The maximum atomic E-state index is 12.7. The van der Waals surface area contributed by atoms with Crippen LogP contribution in [0.15, 0.2) is 41.7 Å². The Balaban J connectivity index is 0.00000182. The van der Waals surface area contributed by atoms with Gasteiger partial charge in [-0.3, -0.25) is 9.19 Å². The molecule has 3 rings (SSSR count). The van der Waals surface area contributed by atoms with Crippen molar-refractivity contribution >= 4 is 21.8 Å². The van der Waals surface area contributed by atoms with Gasteiger partial charge in [0, 0.05) is 31.9 Å². The summed E-state index contributed by atoms with van der Waals surface area (Å²) >= 11 is 0. The van der Waals surface area contributed by atoms with Crippen molar-refractivity contribution < 1.29 is 44.7 Å². The maximum absolute atomic E-state index is 12.7. The molecule has 2 aromatic heterocycles. The van der Waals surface area contributed by atoms with Gasteiger partial charge in [0.1, 0.15) is 5.75 Å². The van der Waals surface area contributed by atoms with Gasteiger partial charge in [0.2, 0.25) is 0 Å². The predicted octanol–water partition coefficient (Wildman–Crippen LogP) is 0.106. The summed E-state index contributed by atoms with van der Waals surface area (Å²) in [6, 6.07) is 9.47. The zero-order valence-corrected chi connectivity index (χ0v) is 18.1. The Kier molecular flexibility index (Phi) is 8.24. The quantitative estimate of drug-likeness (QED) is 0.441. The van der Waals surface area contributed by atoms with Gasteiger partial charge in [0.05, 0.1) is 39.9 Å². The van der Waals surface area contributed by atoms with Crippen LogP contribution in [0.3, 0.4) is 0 Å². The average Bonchev–Trinajstić information content (AvgIpc) is 3.06. The number of nitrogens with one attached hydrogen (secondary N) is 1. The minimum absolute atomic E-state index is 0. The molecule has 0 fully saturated rings. The summed E-state index contributed by atoms with van der Waals surface area (Å²) in [6.07, 6.45) is 2.50. The Morgan fingerprint density at radius 1 is 1.23 bits per heavy atom. The summed E-state index contributed by atoms with van der Waals surface area (Å²) in [6.45, 7) is 3.17. The summed E-state index contributed by atoms with van der Waals surface area (Å²) in [5.74, 6) is 1.06. The van der Waals surface area contributed by atoms with Crippen molar-refractivity contribution in [1.29, 1.82) is 0 Å². The average molecular weight is 383 g/mol. The summed E-state index contributed by atoms with van der Waals surface area (Å²) in [5, 5.41) is 0.466. The second-order valence-electron chi connectivity index (χ2n) is 5.62. The van der Waals surface area contributed by atoms with E-state index >= 15 is 0 Å². The molecule has 0 radical (unpaired) electrons. The fourth-order valence-corrected chi connectivity index (χ4v) is 3.58. The van der Waals surface area contributed by atoms with Gasteiger partial charge in [-0.05, 0) is 25.1 Å². The van der Waals surface area contributed by atoms with Crippen molar-refractivity contribution in [3.63, 3.8) is 0 Å². The molecule has 0 unspecified atom stereocenters. The van der Waals surface area contributed by atoms with Gasteiger partial charge in [-0.1, -0.05) is 12.1 Å². The first kappa shape index (κ1) is 21.1. The normalized spacial score (nSPS) is 11.9. The third kappa shape index (κ3) is 5.14. The second-order valence-corrected chi connectivity index (χ2v) is 6.99. The van der Waals surface area contributed by atoms with E-state index in [9.17, 15) is 4.21 Å². The van der Waals surface area contributed by atoms with Crippen molar-refractivity contribution in [3.8, 4) is 5.75 Å². The zero-order valence-electron chi connectivity index (χ0n) is 16.3. The number of hydrogen-bond donors (Lipinski definition) is 1. The molecule has 1 atom stereocenters. The van der Waals surface area contributed by atoms with Crippen LogP contribution in [0.25, 0.3) is 11.0 Å². The summed E-state index contributed by atoms with van der Waals surface area (Å²) in [7, 11) is 0.371. The molecule has 0 amide bonds. The fourth-order valence-electron chi connectivity index (χ4n) is 2.48. The number of ether oxygens (including phenoxy) is 2. The number of hydrogen-bond acceptors (Lipinski definition) is 5. The zero-order chi connectivity index (χ0) is 17.6. The fraction of sp³-hybridized carbons (Fsp3) is 0.333. The van der Waals surface area contributed by atoms with Crippen LogP contribution in [0, 0.1) is 6.92 Å². The van der Waals surface area contributed by atoms with E-state index in [1.165, 1.54) is 0 Å². The molecule has 6 nitrogen and oxygen atoms in total. The first-order valence-corrected chi connectivity index (χ1v) is 9.40. The van der Waals surface area contributed by atoms with Crippen molar-refractivity contribution in [2.45, 2.75) is 24.3 Å². The number of fused-ring (bicyclic) bond motifs is 1. The van der Waals surface area contributed by atoms with Gasteiger partial charge in [-0.2, -0.15) is 0 Å². The number of imidazole rings is 1. The molecule has 0 saturated heterocycles. The third-order valence-electron chi connectivity index (χ3n) is 3.86. The van der Waals surface area contributed by atoms with Crippen LogP contribution in [0.1, 0.15) is 19.1 Å². The van der Waals surface area contributed by atoms with Gasteiger partial charge in [-0.15, -0.1) is 0 Å². The number of para-hydroxylation sites is 2. The summed E-state index contributed by atoms with van der Waals surface area (Å²) in [4.78, 5) is 11.9. The van der Waals surface area contributed by atoms with E-state index in [1.807, 2.05) is 37.3 Å². The largest absolute Gasteiger partial charge is 1.00 e. The van der Waals surface area contributed by atoms with Crippen molar-refractivity contribution in [1.82, 2.24) is 15.0 Å². The van der Waals surface area contributed by atoms with E-state index in [4.69, 9.17) is 9.47 Å².